The maximum absolute atomic E-state index is 11.6. The molecule has 1 amide bonds. The third-order valence-corrected chi connectivity index (χ3v) is 3.01. The van der Waals surface area contributed by atoms with Crippen LogP contribution in [0.3, 0.4) is 0 Å². The molecule has 0 fully saturated rings. The largest absolute Gasteiger partial charge is 0.481 e. The maximum Gasteiger partial charge on any atom is 0.309 e. The fraction of sp³-hybridized carbons (Fsp3) is 0.125. The fourth-order valence-electron chi connectivity index (χ4n) is 1.03. The number of aliphatic carboxylic acids is 1. The molecule has 88 valence electrons. The predicted molar refractivity (Wildman–Crippen MR) is 61.3 cm³/mol. The van der Waals surface area contributed by atoms with E-state index in [9.17, 15) is 9.59 Å². The minimum atomic E-state index is -0.961. The van der Waals surface area contributed by atoms with Crippen LogP contribution in [0.1, 0.15) is 16.2 Å². The Kier molecular flexibility index (Phi) is 3.40. The van der Waals surface area contributed by atoms with Gasteiger partial charge in [0.05, 0.1) is 12.1 Å². The van der Waals surface area contributed by atoms with Crippen molar-refractivity contribution in [2.75, 3.05) is 5.32 Å². The van der Waals surface area contributed by atoms with Crippen LogP contribution in [-0.2, 0) is 11.2 Å². The number of carbonyl (C=O) groups is 2. The number of carbonyl (C=O) groups excluding carboxylic acids is 1. The molecule has 2 heterocycles. The standard InChI is InChI=1S/C8H6N4O3S2/c13-6(14)1-4-2-16-8(9-4)10-7(15)5-3-17-12-11-5/h2-3H,1H2,(H,13,14)(H,9,10,15). The molecule has 0 aliphatic carbocycles. The number of hydrogen-bond acceptors (Lipinski definition) is 7. The maximum atomic E-state index is 11.6. The van der Waals surface area contributed by atoms with Crippen molar-refractivity contribution >= 4 is 39.9 Å². The Hall–Kier alpha value is -1.87. The molecule has 0 saturated carbocycles. The molecule has 0 saturated heterocycles. The van der Waals surface area contributed by atoms with Gasteiger partial charge >= 0.3 is 5.97 Å². The number of thiazole rings is 1. The van der Waals surface area contributed by atoms with Crippen LogP contribution < -0.4 is 5.32 Å². The molecular formula is C8H6N4O3S2. The Bertz CT molecular complexity index is 537. The molecule has 7 nitrogen and oxygen atoms in total. The van der Waals surface area contributed by atoms with E-state index in [2.05, 4.69) is 19.9 Å². The summed E-state index contributed by atoms with van der Waals surface area (Å²) in [7, 11) is 0. The second kappa shape index (κ2) is 4.97. The second-order valence-electron chi connectivity index (χ2n) is 2.96. The normalized spacial score (nSPS) is 10.1. The first-order valence-corrected chi connectivity index (χ1v) is 6.11. The number of nitrogens with zero attached hydrogens (tertiary/aromatic N) is 3. The van der Waals surface area contributed by atoms with E-state index in [1.54, 1.807) is 5.38 Å². The molecule has 2 N–H and O–H groups in total. The molecule has 9 heteroatoms. The highest BCUT2D eigenvalue weighted by Crippen LogP contribution is 2.16. The molecule has 2 aromatic rings. The minimum Gasteiger partial charge on any atom is -0.481 e. The van der Waals surface area contributed by atoms with Crippen LogP contribution >= 0.6 is 22.9 Å². The zero-order valence-electron chi connectivity index (χ0n) is 8.28. The Labute approximate surface area is 103 Å². The summed E-state index contributed by atoms with van der Waals surface area (Å²) < 4.78 is 3.57. The monoisotopic (exact) mass is 270 g/mol. The lowest BCUT2D eigenvalue weighted by molar-refractivity contribution is -0.136. The van der Waals surface area contributed by atoms with Gasteiger partial charge in [0.2, 0.25) is 0 Å². The van der Waals surface area contributed by atoms with Crippen molar-refractivity contribution < 1.29 is 14.7 Å². The van der Waals surface area contributed by atoms with Gasteiger partial charge in [0.1, 0.15) is 0 Å². The number of amides is 1. The summed E-state index contributed by atoms with van der Waals surface area (Å²) in [6, 6.07) is 0. The highest BCUT2D eigenvalue weighted by Gasteiger charge is 2.12. The lowest BCUT2D eigenvalue weighted by atomic mass is 10.3. The minimum absolute atomic E-state index is 0.162. The van der Waals surface area contributed by atoms with E-state index >= 15 is 0 Å². The zero-order chi connectivity index (χ0) is 12.3. The molecule has 0 aliphatic heterocycles. The van der Waals surface area contributed by atoms with E-state index in [1.807, 2.05) is 0 Å². The molecular weight excluding hydrogens is 264 g/mol. The first-order valence-electron chi connectivity index (χ1n) is 4.40. The Morgan fingerprint density at radius 1 is 1.41 bits per heavy atom. The topological polar surface area (TPSA) is 105 Å². The van der Waals surface area contributed by atoms with Gasteiger partial charge in [-0.25, -0.2) is 4.98 Å². The fourth-order valence-corrected chi connectivity index (χ4v) is 2.17. The molecule has 0 spiro atoms. The average molecular weight is 270 g/mol. The van der Waals surface area contributed by atoms with Crippen molar-refractivity contribution in [2.24, 2.45) is 0 Å². The predicted octanol–water partition coefficient (Wildman–Crippen LogP) is 0.874. The first kappa shape index (κ1) is 11.6. The number of aromatic nitrogens is 3. The van der Waals surface area contributed by atoms with Gasteiger partial charge in [-0.05, 0) is 11.5 Å². The van der Waals surface area contributed by atoms with Gasteiger partial charge in [-0.2, -0.15) is 0 Å². The van der Waals surface area contributed by atoms with E-state index in [0.29, 0.717) is 10.8 Å². The lowest BCUT2D eigenvalue weighted by Gasteiger charge is -1.96. The smallest absolute Gasteiger partial charge is 0.309 e. The number of anilines is 1. The van der Waals surface area contributed by atoms with Gasteiger partial charge < -0.3 is 5.11 Å². The van der Waals surface area contributed by atoms with Crippen LogP contribution in [0, 0.1) is 0 Å². The van der Waals surface area contributed by atoms with E-state index in [-0.39, 0.29) is 12.1 Å². The third-order valence-electron chi connectivity index (χ3n) is 1.70. The van der Waals surface area contributed by atoms with Gasteiger partial charge in [-0.3, -0.25) is 14.9 Å². The van der Waals surface area contributed by atoms with Crippen molar-refractivity contribution in [3.05, 3.63) is 22.1 Å². The highest BCUT2D eigenvalue weighted by atomic mass is 32.1. The summed E-state index contributed by atoms with van der Waals surface area (Å²) in [5.74, 6) is -1.37. The van der Waals surface area contributed by atoms with Crippen LogP contribution in [-0.4, -0.2) is 31.6 Å². The summed E-state index contributed by atoms with van der Waals surface area (Å²) in [4.78, 5) is 26.0. The van der Waals surface area contributed by atoms with Crippen molar-refractivity contribution in [3.8, 4) is 0 Å². The molecule has 0 unspecified atom stereocenters. The Morgan fingerprint density at radius 3 is 2.88 bits per heavy atom. The SMILES string of the molecule is O=C(O)Cc1csc(NC(=O)c2csnn2)n1. The zero-order valence-corrected chi connectivity index (χ0v) is 9.92. The molecule has 2 rings (SSSR count). The van der Waals surface area contributed by atoms with Gasteiger partial charge in [-0.15, -0.1) is 16.4 Å². The van der Waals surface area contributed by atoms with Crippen LogP contribution in [0.2, 0.25) is 0 Å². The van der Waals surface area contributed by atoms with Crippen molar-refractivity contribution in [3.63, 3.8) is 0 Å². The number of hydrogen-bond donors (Lipinski definition) is 2. The van der Waals surface area contributed by atoms with E-state index in [0.717, 1.165) is 11.5 Å². The Balaban J connectivity index is 2.02. The van der Waals surface area contributed by atoms with Crippen LogP contribution in [0.25, 0.3) is 0 Å². The second-order valence-corrected chi connectivity index (χ2v) is 4.43. The first-order chi connectivity index (χ1) is 8.15. The molecule has 0 bridgehead atoms. The number of carboxylic acids is 1. The van der Waals surface area contributed by atoms with E-state index in [4.69, 9.17) is 5.11 Å². The number of carboxylic acid groups (broad SMARTS) is 1. The summed E-state index contributed by atoms with van der Waals surface area (Å²) in [6.07, 6.45) is -0.162. The number of rotatable bonds is 4. The van der Waals surface area contributed by atoms with Gasteiger partial charge in [0.25, 0.3) is 5.91 Å². The molecule has 0 atom stereocenters. The Morgan fingerprint density at radius 2 is 2.24 bits per heavy atom. The average Bonchev–Trinajstić information content (AvgIpc) is 2.87. The van der Waals surface area contributed by atoms with Crippen molar-refractivity contribution in [1.82, 2.24) is 14.6 Å². The van der Waals surface area contributed by atoms with E-state index < -0.39 is 11.9 Å². The summed E-state index contributed by atoms with van der Waals surface area (Å²) >= 11 is 2.24. The summed E-state index contributed by atoms with van der Waals surface area (Å²) in [5, 5.41) is 18.1. The summed E-state index contributed by atoms with van der Waals surface area (Å²) in [5.41, 5.74) is 0.624. The van der Waals surface area contributed by atoms with E-state index in [1.165, 1.54) is 16.7 Å². The molecule has 2 aromatic heterocycles. The molecule has 0 aromatic carbocycles. The van der Waals surface area contributed by atoms with Gasteiger partial charge in [-0.1, -0.05) is 4.49 Å². The summed E-state index contributed by atoms with van der Waals surface area (Å²) in [6.45, 7) is 0. The van der Waals surface area contributed by atoms with Gasteiger partial charge in [0.15, 0.2) is 10.8 Å². The van der Waals surface area contributed by atoms with Crippen molar-refractivity contribution in [1.29, 1.82) is 0 Å². The quantitative estimate of drug-likeness (QED) is 0.854. The number of nitrogens with one attached hydrogen (secondary N) is 1. The lowest BCUT2D eigenvalue weighted by Crippen LogP contribution is -2.12. The van der Waals surface area contributed by atoms with Crippen LogP contribution in [0.15, 0.2) is 10.8 Å². The van der Waals surface area contributed by atoms with Crippen LogP contribution in [0.5, 0.6) is 0 Å². The highest BCUT2D eigenvalue weighted by molar-refractivity contribution is 7.14. The van der Waals surface area contributed by atoms with Gasteiger partial charge in [0, 0.05) is 10.8 Å². The molecule has 17 heavy (non-hydrogen) atoms. The molecule has 0 aliphatic rings. The van der Waals surface area contributed by atoms with Crippen molar-refractivity contribution in [2.45, 2.75) is 6.42 Å². The van der Waals surface area contributed by atoms with Crippen LogP contribution in [0.4, 0.5) is 5.13 Å². The third kappa shape index (κ3) is 3.04. The molecule has 0 radical (unpaired) electrons.